The molecule has 0 aromatic carbocycles. The minimum absolute atomic E-state index is 0.838. The summed E-state index contributed by atoms with van der Waals surface area (Å²) in [4.78, 5) is 0.838. The summed E-state index contributed by atoms with van der Waals surface area (Å²) in [5, 5.41) is 0. The van der Waals surface area contributed by atoms with Gasteiger partial charge in [0.15, 0.2) is 0 Å². The molecule has 0 aromatic heterocycles. The summed E-state index contributed by atoms with van der Waals surface area (Å²) in [6, 6.07) is 0. The molecule has 0 spiro atoms. The number of hydrogen-bond donors (Lipinski definition) is 1. The van der Waals surface area contributed by atoms with Gasteiger partial charge in [0.25, 0.3) is 0 Å². The van der Waals surface area contributed by atoms with Crippen LogP contribution in [-0.4, -0.2) is 0 Å². The predicted molar refractivity (Wildman–Crippen MR) is 27.3 cm³/mol. The zero-order valence-electron chi connectivity index (χ0n) is 3.15. The molecule has 1 heteroatoms. The Morgan fingerprint density at radius 3 is 2.20 bits per heavy atom. The highest BCUT2D eigenvalue weighted by atomic mass is 32.1. The van der Waals surface area contributed by atoms with Gasteiger partial charge in [-0.3, -0.25) is 0 Å². The SMILES string of the molecule is C=C=C(C)S. The zero-order chi connectivity index (χ0) is 4.28. The standard InChI is InChI=1S/C4H6S/c1-3-4(2)5/h5H,1H2,2H3. The van der Waals surface area contributed by atoms with Gasteiger partial charge in [0.1, 0.15) is 0 Å². The summed E-state index contributed by atoms with van der Waals surface area (Å²) in [6.07, 6.45) is 0. The van der Waals surface area contributed by atoms with Crippen molar-refractivity contribution in [1.29, 1.82) is 0 Å². The molecule has 0 rings (SSSR count). The van der Waals surface area contributed by atoms with Crippen LogP contribution in [0.2, 0.25) is 0 Å². The third-order valence-electron chi connectivity index (χ3n) is 0.256. The lowest BCUT2D eigenvalue weighted by Crippen LogP contribution is -1.39. The molecule has 28 valence electrons. The van der Waals surface area contributed by atoms with E-state index in [4.69, 9.17) is 0 Å². The van der Waals surface area contributed by atoms with E-state index in [9.17, 15) is 0 Å². The molecular weight excluding hydrogens is 80.1 g/mol. The Morgan fingerprint density at radius 2 is 2.20 bits per heavy atom. The van der Waals surface area contributed by atoms with Crippen molar-refractivity contribution in [3.8, 4) is 0 Å². The Balaban J connectivity index is 3.60. The van der Waals surface area contributed by atoms with E-state index >= 15 is 0 Å². The summed E-state index contributed by atoms with van der Waals surface area (Å²) in [5.41, 5.74) is 2.56. The fourth-order valence-electron chi connectivity index (χ4n) is 0. The molecule has 0 aromatic rings. The third kappa shape index (κ3) is 3.87. The Kier molecular flexibility index (Phi) is 2.07. The summed E-state index contributed by atoms with van der Waals surface area (Å²) in [6.45, 7) is 5.15. The summed E-state index contributed by atoms with van der Waals surface area (Å²) < 4.78 is 0. The van der Waals surface area contributed by atoms with E-state index < -0.39 is 0 Å². The van der Waals surface area contributed by atoms with E-state index in [0.29, 0.717) is 0 Å². The van der Waals surface area contributed by atoms with Gasteiger partial charge in [0, 0.05) is 4.91 Å². The molecule has 0 atom stereocenters. The molecule has 0 unspecified atom stereocenters. The molecule has 0 aliphatic heterocycles. The van der Waals surface area contributed by atoms with Gasteiger partial charge in [-0.1, -0.05) is 6.58 Å². The van der Waals surface area contributed by atoms with Gasteiger partial charge in [-0.15, -0.1) is 18.4 Å². The van der Waals surface area contributed by atoms with E-state index in [2.05, 4.69) is 24.9 Å². The van der Waals surface area contributed by atoms with Crippen LogP contribution in [0, 0.1) is 0 Å². The number of rotatable bonds is 0. The molecule has 0 saturated heterocycles. The van der Waals surface area contributed by atoms with Crippen LogP contribution in [0.15, 0.2) is 17.2 Å². The van der Waals surface area contributed by atoms with Crippen molar-refractivity contribution in [3.63, 3.8) is 0 Å². The predicted octanol–water partition coefficient (Wildman–Crippen LogP) is 1.60. The Bertz CT molecular complexity index is 63.7. The molecular formula is C4H6S. The van der Waals surface area contributed by atoms with Gasteiger partial charge in [-0.05, 0) is 6.92 Å². The fourth-order valence-corrected chi connectivity index (χ4v) is 0. The van der Waals surface area contributed by atoms with Gasteiger partial charge in [-0.25, -0.2) is 0 Å². The first-order chi connectivity index (χ1) is 2.27. The highest BCUT2D eigenvalue weighted by Gasteiger charge is 1.58. The molecule has 0 nitrogen and oxygen atoms in total. The highest BCUT2D eigenvalue weighted by Crippen LogP contribution is 1.89. The maximum atomic E-state index is 3.84. The first-order valence-corrected chi connectivity index (χ1v) is 1.77. The van der Waals surface area contributed by atoms with Crippen LogP contribution < -0.4 is 0 Å². The normalized spacial score (nSPS) is 6.00. The number of thiol groups is 1. The molecule has 0 fully saturated rings. The van der Waals surface area contributed by atoms with Crippen molar-refractivity contribution < 1.29 is 0 Å². The Labute approximate surface area is 37.6 Å². The van der Waals surface area contributed by atoms with E-state index in [1.165, 1.54) is 0 Å². The molecule has 0 saturated carbocycles. The Morgan fingerprint density at radius 1 is 2.00 bits per heavy atom. The van der Waals surface area contributed by atoms with Crippen molar-refractivity contribution in [3.05, 3.63) is 17.2 Å². The lowest BCUT2D eigenvalue weighted by molar-refractivity contribution is 1.73. The summed E-state index contributed by atoms with van der Waals surface area (Å²) in [5.74, 6) is 0. The van der Waals surface area contributed by atoms with Gasteiger partial charge in [0.05, 0.1) is 0 Å². The lowest BCUT2D eigenvalue weighted by Gasteiger charge is -1.66. The van der Waals surface area contributed by atoms with Crippen molar-refractivity contribution in [2.24, 2.45) is 0 Å². The maximum absolute atomic E-state index is 3.84. The van der Waals surface area contributed by atoms with Gasteiger partial charge in [0.2, 0.25) is 0 Å². The first-order valence-electron chi connectivity index (χ1n) is 1.33. The van der Waals surface area contributed by atoms with E-state index in [-0.39, 0.29) is 0 Å². The molecule has 0 N–H and O–H groups in total. The van der Waals surface area contributed by atoms with Gasteiger partial charge >= 0.3 is 0 Å². The summed E-state index contributed by atoms with van der Waals surface area (Å²) >= 11 is 3.84. The second kappa shape index (κ2) is 2.13. The van der Waals surface area contributed by atoms with Gasteiger partial charge < -0.3 is 0 Å². The van der Waals surface area contributed by atoms with E-state index in [1.807, 2.05) is 6.92 Å². The van der Waals surface area contributed by atoms with E-state index in [1.54, 1.807) is 0 Å². The topological polar surface area (TPSA) is 0 Å². The van der Waals surface area contributed by atoms with E-state index in [0.717, 1.165) is 4.91 Å². The maximum Gasteiger partial charge on any atom is 0.0197 e. The minimum atomic E-state index is 0.838. The van der Waals surface area contributed by atoms with Gasteiger partial charge in [-0.2, -0.15) is 0 Å². The molecule has 0 bridgehead atoms. The largest absolute Gasteiger partial charge is 0.140 e. The minimum Gasteiger partial charge on any atom is -0.140 e. The van der Waals surface area contributed by atoms with Crippen LogP contribution in [-0.2, 0) is 0 Å². The van der Waals surface area contributed by atoms with Crippen molar-refractivity contribution in [2.75, 3.05) is 0 Å². The molecule has 0 aliphatic carbocycles. The van der Waals surface area contributed by atoms with Crippen molar-refractivity contribution >= 4 is 12.6 Å². The smallest absolute Gasteiger partial charge is 0.0197 e. The molecule has 0 aliphatic rings. The number of hydrogen-bond acceptors (Lipinski definition) is 1. The molecule has 5 heavy (non-hydrogen) atoms. The van der Waals surface area contributed by atoms with Crippen LogP contribution >= 0.6 is 12.6 Å². The van der Waals surface area contributed by atoms with Crippen LogP contribution in [0.3, 0.4) is 0 Å². The average Bonchev–Trinajstić information content (AvgIpc) is 1.38. The third-order valence-corrected chi connectivity index (χ3v) is 0.414. The molecule has 0 amide bonds. The number of allylic oxidation sites excluding steroid dienone is 1. The van der Waals surface area contributed by atoms with Crippen LogP contribution in [0.4, 0.5) is 0 Å². The second-order valence-electron chi connectivity index (χ2n) is 0.762. The van der Waals surface area contributed by atoms with Crippen molar-refractivity contribution in [1.82, 2.24) is 0 Å². The van der Waals surface area contributed by atoms with Crippen LogP contribution in [0.25, 0.3) is 0 Å². The lowest BCUT2D eigenvalue weighted by atomic mass is 10.7. The first kappa shape index (κ1) is 4.87. The average molecular weight is 86.2 g/mol. The monoisotopic (exact) mass is 86.0 g/mol. The second-order valence-corrected chi connectivity index (χ2v) is 1.43. The highest BCUT2D eigenvalue weighted by molar-refractivity contribution is 7.84. The quantitative estimate of drug-likeness (QED) is 0.336. The molecule has 0 radical (unpaired) electrons. The van der Waals surface area contributed by atoms with Crippen LogP contribution in [0.5, 0.6) is 0 Å². The summed E-state index contributed by atoms with van der Waals surface area (Å²) in [7, 11) is 0. The fraction of sp³-hybridized carbons (Fsp3) is 0.250. The van der Waals surface area contributed by atoms with Crippen LogP contribution in [0.1, 0.15) is 6.92 Å². The molecule has 0 heterocycles. The Hall–Kier alpha value is -0.130. The zero-order valence-corrected chi connectivity index (χ0v) is 4.05. The van der Waals surface area contributed by atoms with Crippen molar-refractivity contribution in [2.45, 2.75) is 6.92 Å².